The van der Waals surface area contributed by atoms with Crippen molar-refractivity contribution in [3.63, 3.8) is 0 Å². The summed E-state index contributed by atoms with van der Waals surface area (Å²) in [6.45, 7) is 1.85. The topological polar surface area (TPSA) is 100 Å². The quantitative estimate of drug-likeness (QED) is 0.201. The van der Waals surface area contributed by atoms with E-state index in [1.807, 2.05) is 6.92 Å². The van der Waals surface area contributed by atoms with Crippen molar-refractivity contribution in [2.24, 2.45) is 0 Å². The molecule has 0 saturated heterocycles. The molecule has 6 nitrogen and oxygen atoms in total. The molecule has 0 spiro atoms. The van der Waals surface area contributed by atoms with Crippen molar-refractivity contribution in [3.05, 3.63) is 137 Å². The first-order valence-corrected chi connectivity index (χ1v) is 15.2. The molecule has 0 bridgehead atoms. The molecule has 1 N–H and O–H groups in total. The van der Waals surface area contributed by atoms with E-state index in [2.05, 4.69) is 6.07 Å². The number of hydrogen-bond acceptors (Lipinski definition) is 4. The van der Waals surface area contributed by atoms with Gasteiger partial charge in [-0.25, -0.2) is 21.6 Å². The van der Waals surface area contributed by atoms with Gasteiger partial charge in [-0.15, -0.1) is 0 Å². The van der Waals surface area contributed by atoms with Gasteiger partial charge in [0, 0.05) is 32.7 Å². The number of aromatic nitrogens is 1. The Morgan fingerprint density at radius 2 is 1.59 bits per heavy atom. The molecule has 0 aliphatic carbocycles. The van der Waals surface area contributed by atoms with Gasteiger partial charge in [-0.2, -0.15) is 5.26 Å². The highest BCUT2D eigenvalue weighted by Gasteiger charge is 2.30. The Hall–Kier alpha value is -5.23. The van der Waals surface area contributed by atoms with E-state index in [4.69, 9.17) is 11.6 Å². The van der Waals surface area contributed by atoms with Crippen molar-refractivity contribution in [2.75, 3.05) is 0 Å². The lowest BCUT2D eigenvalue weighted by molar-refractivity contribution is 0.0697. The number of carboxylic acids is 1. The van der Waals surface area contributed by atoms with Gasteiger partial charge in [-0.3, -0.25) is 0 Å². The van der Waals surface area contributed by atoms with Crippen LogP contribution in [-0.4, -0.2) is 23.5 Å². The van der Waals surface area contributed by atoms with Gasteiger partial charge in [-0.1, -0.05) is 71.8 Å². The average Bonchev–Trinajstić information content (AvgIpc) is 3.36. The third kappa shape index (κ3) is 4.92. The smallest absolute Gasteiger partial charge is 0.335 e. The van der Waals surface area contributed by atoms with Crippen LogP contribution in [0.4, 0.5) is 4.39 Å². The van der Waals surface area contributed by atoms with Crippen LogP contribution in [0.3, 0.4) is 0 Å². The minimum absolute atomic E-state index is 0.0247. The van der Waals surface area contributed by atoms with Gasteiger partial charge in [0.25, 0.3) is 10.0 Å². The summed E-state index contributed by atoms with van der Waals surface area (Å²) < 4.78 is 45.0. The van der Waals surface area contributed by atoms with Crippen molar-refractivity contribution in [3.8, 4) is 39.6 Å². The van der Waals surface area contributed by atoms with Crippen molar-refractivity contribution in [1.29, 1.82) is 5.26 Å². The molecule has 0 atom stereocenters. The molecule has 216 valence electrons. The minimum Gasteiger partial charge on any atom is -0.478 e. The first-order valence-electron chi connectivity index (χ1n) is 13.4. The lowest BCUT2D eigenvalue weighted by atomic mass is 9.93. The van der Waals surface area contributed by atoms with Gasteiger partial charge in [0.05, 0.1) is 33.3 Å². The second-order valence-electron chi connectivity index (χ2n) is 10.2. The lowest BCUT2D eigenvalue weighted by Gasteiger charge is -2.16. The summed E-state index contributed by atoms with van der Waals surface area (Å²) in [6.07, 6.45) is 0. The molecule has 1 heterocycles. The van der Waals surface area contributed by atoms with Crippen LogP contribution >= 0.6 is 11.6 Å². The Labute approximate surface area is 257 Å². The lowest BCUT2D eigenvalue weighted by Crippen LogP contribution is -2.14. The predicted octanol–water partition coefficient (Wildman–Crippen LogP) is 8.55. The monoisotopic (exact) mass is 620 g/mol. The number of fused-ring (bicyclic) bond motifs is 1. The summed E-state index contributed by atoms with van der Waals surface area (Å²) in [5.41, 5.74) is 4.05. The molecule has 0 fully saturated rings. The van der Waals surface area contributed by atoms with Crippen LogP contribution in [0, 0.1) is 24.1 Å². The molecule has 6 rings (SSSR count). The van der Waals surface area contributed by atoms with Crippen LogP contribution in [0.5, 0.6) is 0 Å². The maximum Gasteiger partial charge on any atom is 0.335 e. The summed E-state index contributed by atoms with van der Waals surface area (Å²) >= 11 is 6.51. The molecule has 9 heteroatoms. The van der Waals surface area contributed by atoms with Gasteiger partial charge in [0.15, 0.2) is 0 Å². The summed E-state index contributed by atoms with van der Waals surface area (Å²) in [6, 6.07) is 30.6. The Morgan fingerprint density at radius 1 is 0.864 bits per heavy atom. The molecule has 44 heavy (non-hydrogen) atoms. The van der Waals surface area contributed by atoms with Gasteiger partial charge >= 0.3 is 5.97 Å². The molecular formula is C35H22ClFN2O4S. The van der Waals surface area contributed by atoms with E-state index in [9.17, 15) is 28.0 Å². The summed E-state index contributed by atoms with van der Waals surface area (Å²) in [5.74, 6) is -1.69. The molecular weight excluding hydrogens is 599 g/mol. The number of rotatable bonds is 6. The SMILES string of the molecule is Cc1ccc(S(=O)(=O)n2c(-c3cccc(-c4ccc(C(=O)O)cc4Cl)c3)c(-c3ccccc3C#N)c3cc(F)ccc32)cc1. The maximum absolute atomic E-state index is 14.9. The fourth-order valence-electron chi connectivity index (χ4n) is 5.35. The zero-order valence-electron chi connectivity index (χ0n) is 23.1. The number of nitriles is 1. The van der Waals surface area contributed by atoms with E-state index in [-0.39, 0.29) is 32.3 Å². The number of carbonyl (C=O) groups is 1. The maximum atomic E-state index is 14.9. The Kier molecular flexibility index (Phi) is 7.30. The number of hydrogen-bond donors (Lipinski definition) is 1. The van der Waals surface area contributed by atoms with Gasteiger partial charge in [-0.05, 0) is 67.1 Å². The Bertz CT molecular complexity index is 2270. The molecule has 0 saturated carbocycles. The highest BCUT2D eigenvalue weighted by atomic mass is 35.5. The molecule has 0 aliphatic heterocycles. The van der Waals surface area contributed by atoms with Gasteiger partial charge in [0.2, 0.25) is 0 Å². The highest BCUT2D eigenvalue weighted by Crippen LogP contribution is 2.45. The van der Waals surface area contributed by atoms with E-state index in [0.29, 0.717) is 33.2 Å². The fourth-order valence-corrected chi connectivity index (χ4v) is 7.19. The van der Waals surface area contributed by atoms with E-state index >= 15 is 0 Å². The third-order valence-electron chi connectivity index (χ3n) is 7.43. The average molecular weight is 621 g/mol. The van der Waals surface area contributed by atoms with E-state index in [0.717, 1.165) is 5.56 Å². The number of aromatic carboxylic acids is 1. The number of carboxylic acid groups (broad SMARTS) is 1. The Morgan fingerprint density at radius 3 is 2.30 bits per heavy atom. The standard InChI is InChI=1S/C35H22ClFN2O4S/c1-21-9-13-27(14-10-21)44(42,43)39-32-16-12-26(37)19-30(32)33(29-8-3-2-5-25(29)20-38)34(39)23-7-4-6-22(17-23)28-15-11-24(35(40)41)18-31(28)36/h2-19H,1H3,(H,40,41). The first-order chi connectivity index (χ1) is 21.1. The Balaban J connectivity index is 1.74. The zero-order chi connectivity index (χ0) is 31.2. The number of halogens is 2. The van der Waals surface area contributed by atoms with Crippen LogP contribution in [0.25, 0.3) is 44.4 Å². The number of nitrogens with zero attached hydrogens (tertiary/aromatic N) is 2. The third-order valence-corrected chi connectivity index (χ3v) is 9.47. The van der Waals surface area contributed by atoms with Crippen LogP contribution in [0.15, 0.2) is 114 Å². The molecule has 1 aromatic heterocycles. The second kappa shape index (κ2) is 11.1. The van der Waals surface area contributed by atoms with Crippen molar-refractivity contribution in [1.82, 2.24) is 3.97 Å². The molecule has 5 aromatic carbocycles. The predicted molar refractivity (Wildman–Crippen MR) is 169 cm³/mol. The summed E-state index contributed by atoms with van der Waals surface area (Å²) in [7, 11) is -4.26. The second-order valence-corrected chi connectivity index (χ2v) is 12.4. The van der Waals surface area contributed by atoms with Crippen LogP contribution in [-0.2, 0) is 10.0 Å². The molecule has 0 unspecified atom stereocenters. The summed E-state index contributed by atoms with van der Waals surface area (Å²) in [4.78, 5) is 11.5. The molecule has 0 radical (unpaired) electrons. The fraction of sp³-hybridized carbons (Fsp3) is 0.0286. The summed E-state index contributed by atoms with van der Waals surface area (Å²) in [5, 5.41) is 19.9. The van der Waals surface area contributed by atoms with Crippen molar-refractivity contribution < 1.29 is 22.7 Å². The normalized spacial score (nSPS) is 11.4. The van der Waals surface area contributed by atoms with E-state index < -0.39 is 21.8 Å². The van der Waals surface area contributed by atoms with E-state index in [1.54, 1.807) is 66.7 Å². The number of aryl methyl sites for hydroxylation is 1. The first kappa shape index (κ1) is 28.9. The largest absolute Gasteiger partial charge is 0.478 e. The van der Waals surface area contributed by atoms with Crippen molar-refractivity contribution >= 4 is 38.5 Å². The van der Waals surface area contributed by atoms with Crippen LogP contribution in [0.1, 0.15) is 21.5 Å². The highest BCUT2D eigenvalue weighted by molar-refractivity contribution is 7.90. The molecule has 0 amide bonds. The van der Waals surface area contributed by atoms with Crippen LogP contribution in [0.2, 0.25) is 5.02 Å². The van der Waals surface area contributed by atoms with Crippen LogP contribution < -0.4 is 0 Å². The van der Waals surface area contributed by atoms with Gasteiger partial charge < -0.3 is 5.11 Å². The molecule has 6 aromatic rings. The zero-order valence-corrected chi connectivity index (χ0v) is 24.7. The number of benzene rings is 5. The van der Waals surface area contributed by atoms with Gasteiger partial charge in [0.1, 0.15) is 5.82 Å². The van der Waals surface area contributed by atoms with Crippen molar-refractivity contribution in [2.45, 2.75) is 11.8 Å². The van der Waals surface area contributed by atoms with E-state index in [1.165, 1.54) is 46.4 Å². The minimum atomic E-state index is -4.26. The molecule has 0 aliphatic rings.